The lowest BCUT2D eigenvalue weighted by Crippen LogP contribution is -2.20. The summed E-state index contributed by atoms with van der Waals surface area (Å²) in [6.07, 6.45) is 0. The molecule has 1 N–H and O–H groups in total. The highest BCUT2D eigenvalue weighted by molar-refractivity contribution is 7.14. The minimum absolute atomic E-state index is 0.0773. The fraction of sp³-hybridized carbons (Fsp3) is 0.0952. The first-order chi connectivity index (χ1) is 14.1. The van der Waals surface area contributed by atoms with Crippen molar-refractivity contribution < 1.29 is 18.7 Å². The van der Waals surface area contributed by atoms with Crippen molar-refractivity contribution in [3.05, 3.63) is 69.9 Å². The summed E-state index contributed by atoms with van der Waals surface area (Å²) in [7, 11) is 3.13. The smallest absolute Gasteiger partial charge is 0.349 e. The van der Waals surface area contributed by atoms with Crippen LogP contribution in [0.5, 0.6) is 11.5 Å². The molecule has 2 aromatic carbocycles. The Morgan fingerprint density at radius 1 is 1.07 bits per heavy atom. The number of para-hydroxylation sites is 1. The first kappa shape index (κ1) is 18.7. The van der Waals surface area contributed by atoms with E-state index in [0.717, 1.165) is 5.56 Å². The monoisotopic (exact) mass is 408 g/mol. The lowest BCUT2D eigenvalue weighted by atomic mass is 10.1. The second-order valence-electron chi connectivity index (χ2n) is 6.05. The lowest BCUT2D eigenvalue weighted by Gasteiger charge is -2.08. The summed E-state index contributed by atoms with van der Waals surface area (Å²) in [5, 5.41) is 5.50. The van der Waals surface area contributed by atoms with Gasteiger partial charge in [0.1, 0.15) is 11.1 Å². The number of nitrogens with zero attached hydrogens (tertiary/aromatic N) is 1. The molecule has 0 radical (unpaired) electrons. The number of aromatic nitrogens is 1. The van der Waals surface area contributed by atoms with E-state index in [2.05, 4.69) is 10.3 Å². The molecule has 0 spiro atoms. The van der Waals surface area contributed by atoms with Crippen molar-refractivity contribution in [1.82, 2.24) is 4.98 Å². The normalized spacial score (nSPS) is 10.7. The van der Waals surface area contributed by atoms with E-state index in [9.17, 15) is 9.59 Å². The molecule has 2 aromatic heterocycles. The van der Waals surface area contributed by atoms with E-state index < -0.39 is 11.5 Å². The molecule has 0 saturated heterocycles. The molecular formula is C21H16N2O5S. The highest BCUT2D eigenvalue weighted by atomic mass is 32.1. The van der Waals surface area contributed by atoms with E-state index in [0.29, 0.717) is 33.3 Å². The highest BCUT2D eigenvalue weighted by Gasteiger charge is 2.16. The molecule has 0 bridgehead atoms. The minimum atomic E-state index is -0.696. The van der Waals surface area contributed by atoms with Gasteiger partial charge in [-0.15, -0.1) is 11.3 Å². The number of carbonyl (C=O) groups excluding carboxylic acids is 1. The number of hydrogen-bond acceptors (Lipinski definition) is 7. The molecule has 0 atom stereocenters. The van der Waals surface area contributed by atoms with E-state index in [1.165, 1.54) is 17.4 Å². The van der Waals surface area contributed by atoms with Gasteiger partial charge in [0.2, 0.25) is 0 Å². The number of ether oxygens (including phenoxy) is 2. The molecule has 0 saturated carbocycles. The Morgan fingerprint density at radius 2 is 1.86 bits per heavy atom. The maximum atomic E-state index is 12.6. The van der Waals surface area contributed by atoms with Crippen molar-refractivity contribution in [3.63, 3.8) is 0 Å². The molecule has 8 heteroatoms. The van der Waals surface area contributed by atoms with Crippen LogP contribution in [0.1, 0.15) is 10.4 Å². The van der Waals surface area contributed by atoms with Gasteiger partial charge in [0.25, 0.3) is 5.91 Å². The third kappa shape index (κ3) is 3.70. The molecule has 2 heterocycles. The molecule has 29 heavy (non-hydrogen) atoms. The summed E-state index contributed by atoms with van der Waals surface area (Å²) in [5.41, 5.74) is 1.13. The molecule has 0 unspecified atom stereocenters. The fourth-order valence-electron chi connectivity index (χ4n) is 2.84. The maximum absolute atomic E-state index is 12.6. The van der Waals surface area contributed by atoms with Crippen molar-refractivity contribution in [2.24, 2.45) is 0 Å². The maximum Gasteiger partial charge on any atom is 0.349 e. The average Bonchev–Trinajstić information content (AvgIpc) is 3.21. The lowest BCUT2D eigenvalue weighted by molar-refractivity contribution is 0.102. The van der Waals surface area contributed by atoms with Crippen LogP contribution in [0.2, 0.25) is 0 Å². The standard InChI is InChI=1S/C21H16N2O5S/c1-26-17-8-7-12(10-18(17)27-2)15-11-29-21(22-15)23-19(24)14-9-13-5-3-4-6-16(13)28-20(14)25/h3-11H,1-2H3,(H,22,23,24). The van der Waals surface area contributed by atoms with Crippen LogP contribution in [0.25, 0.3) is 22.2 Å². The van der Waals surface area contributed by atoms with E-state index in [4.69, 9.17) is 13.9 Å². The molecule has 4 aromatic rings. The van der Waals surface area contributed by atoms with Gasteiger partial charge in [-0.05, 0) is 30.3 Å². The quantitative estimate of drug-likeness (QED) is 0.498. The van der Waals surface area contributed by atoms with Gasteiger partial charge in [0.05, 0.1) is 19.9 Å². The topological polar surface area (TPSA) is 90.7 Å². The summed E-state index contributed by atoms with van der Waals surface area (Å²) in [5.74, 6) is 0.623. The zero-order valence-electron chi connectivity index (χ0n) is 15.6. The second-order valence-corrected chi connectivity index (χ2v) is 6.91. The van der Waals surface area contributed by atoms with Gasteiger partial charge in [-0.3, -0.25) is 10.1 Å². The Kier molecular flexibility index (Phi) is 5.01. The average molecular weight is 408 g/mol. The van der Waals surface area contributed by atoms with Crippen LogP contribution in [0, 0.1) is 0 Å². The third-order valence-corrected chi connectivity index (χ3v) is 5.05. The fourth-order valence-corrected chi connectivity index (χ4v) is 3.56. The number of benzene rings is 2. The van der Waals surface area contributed by atoms with Crippen molar-refractivity contribution in [1.29, 1.82) is 0 Å². The van der Waals surface area contributed by atoms with Gasteiger partial charge in [-0.2, -0.15) is 0 Å². The largest absolute Gasteiger partial charge is 0.493 e. The minimum Gasteiger partial charge on any atom is -0.493 e. The number of rotatable bonds is 5. The predicted octanol–water partition coefficient (Wildman–Crippen LogP) is 4.19. The van der Waals surface area contributed by atoms with Crippen LogP contribution in [0.4, 0.5) is 5.13 Å². The molecule has 4 rings (SSSR count). The number of amides is 1. The van der Waals surface area contributed by atoms with Gasteiger partial charge in [-0.1, -0.05) is 18.2 Å². The number of hydrogen-bond donors (Lipinski definition) is 1. The SMILES string of the molecule is COc1ccc(-c2csc(NC(=O)c3cc4ccccc4oc3=O)n2)cc1OC. The van der Waals surface area contributed by atoms with Gasteiger partial charge in [0, 0.05) is 16.3 Å². The van der Waals surface area contributed by atoms with Crippen molar-refractivity contribution in [2.45, 2.75) is 0 Å². The highest BCUT2D eigenvalue weighted by Crippen LogP contribution is 2.33. The van der Waals surface area contributed by atoms with Crippen LogP contribution in [-0.2, 0) is 0 Å². The van der Waals surface area contributed by atoms with E-state index in [1.807, 2.05) is 6.07 Å². The molecular weight excluding hydrogens is 392 g/mol. The molecule has 0 fully saturated rings. The number of carbonyl (C=O) groups is 1. The van der Waals surface area contributed by atoms with Gasteiger partial charge < -0.3 is 13.9 Å². The molecule has 146 valence electrons. The van der Waals surface area contributed by atoms with Crippen LogP contribution < -0.4 is 20.4 Å². The zero-order valence-corrected chi connectivity index (χ0v) is 16.4. The first-order valence-corrected chi connectivity index (χ1v) is 9.49. The summed E-state index contributed by atoms with van der Waals surface area (Å²) >= 11 is 1.25. The molecule has 7 nitrogen and oxygen atoms in total. The zero-order chi connectivity index (χ0) is 20.4. The van der Waals surface area contributed by atoms with Crippen LogP contribution >= 0.6 is 11.3 Å². The summed E-state index contributed by atoms with van der Waals surface area (Å²) in [6, 6.07) is 14.0. The number of anilines is 1. The van der Waals surface area contributed by atoms with Gasteiger partial charge in [-0.25, -0.2) is 9.78 Å². The Bertz CT molecular complexity index is 1260. The Labute approximate surface area is 169 Å². The molecule has 0 aliphatic rings. The van der Waals surface area contributed by atoms with E-state index >= 15 is 0 Å². The molecule has 0 aliphatic carbocycles. The second kappa shape index (κ2) is 7.76. The number of nitrogens with one attached hydrogen (secondary N) is 1. The Hall–Kier alpha value is -3.65. The molecule has 1 amide bonds. The van der Waals surface area contributed by atoms with Crippen LogP contribution in [-0.4, -0.2) is 25.1 Å². The predicted molar refractivity (Wildman–Crippen MR) is 111 cm³/mol. The summed E-state index contributed by atoms with van der Waals surface area (Å²) < 4.78 is 15.8. The number of fused-ring (bicyclic) bond motifs is 1. The van der Waals surface area contributed by atoms with Crippen molar-refractivity contribution >= 4 is 33.3 Å². The van der Waals surface area contributed by atoms with Gasteiger partial charge in [0.15, 0.2) is 16.6 Å². The Morgan fingerprint density at radius 3 is 2.66 bits per heavy atom. The van der Waals surface area contributed by atoms with E-state index in [1.54, 1.807) is 56.0 Å². The Balaban J connectivity index is 1.59. The first-order valence-electron chi connectivity index (χ1n) is 8.61. The number of methoxy groups -OCH3 is 2. The van der Waals surface area contributed by atoms with Crippen molar-refractivity contribution in [3.8, 4) is 22.8 Å². The third-order valence-electron chi connectivity index (χ3n) is 4.29. The summed E-state index contributed by atoms with van der Waals surface area (Å²) in [4.78, 5) is 29.1. The summed E-state index contributed by atoms with van der Waals surface area (Å²) in [6.45, 7) is 0. The molecule has 0 aliphatic heterocycles. The number of thiazole rings is 1. The van der Waals surface area contributed by atoms with E-state index in [-0.39, 0.29) is 5.56 Å². The van der Waals surface area contributed by atoms with Crippen molar-refractivity contribution in [2.75, 3.05) is 19.5 Å². The van der Waals surface area contributed by atoms with Crippen LogP contribution in [0.3, 0.4) is 0 Å². The van der Waals surface area contributed by atoms with Crippen LogP contribution in [0.15, 0.2) is 63.1 Å². The van der Waals surface area contributed by atoms with Gasteiger partial charge >= 0.3 is 5.63 Å².